The van der Waals surface area contributed by atoms with Gasteiger partial charge in [-0.2, -0.15) is 15.2 Å². The fourth-order valence-corrected chi connectivity index (χ4v) is 7.72. The van der Waals surface area contributed by atoms with Gasteiger partial charge in [-0.1, -0.05) is 30.3 Å². The Bertz CT molecular complexity index is 1650. The van der Waals surface area contributed by atoms with Gasteiger partial charge in [0.2, 0.25) is 5.91 Å². The number of hydrogen-bond acceptors (Lipinski definition) is 10. The number of likely N-dealkylation sites (tertiary alicyclic amines) is 1. The minimum atomic E-state index is -0.202. The fraction of sp³-hybridized carbons (Fsp3) is 0.556. The van der Waals surface area contributed by atoms with Crippen molar-refractivity contribution in [3.63, 3.8) is 0 Å². The second-order valence-electron chi connectivity index (χ2n) is 13.5. The number of anilines is 2. The smallest absolute Gasteiger partial charge is 0.318 e. The number of aromatic nitrogens is 2. The summed E-state index contributed by atoms with van der Waals surface area (Å²) >= 11 is 0. The van der Waals surface area contributed by atoms with E-state index in [9.17, 15) is 10.1 Å². The predicted molar refractivity (Wildman–Crippen MR) is 182 cm³/mol. The van der Waals surface area contributed by atoms with Crippen molar-refractivity contribution in [1.82, 2.24) is 24.7 Å². The lowest BCUT2D eigenvalue weighted by Crippen LogP contribution is -2.57. The molecule has 1 aromatic heterocycles. The normalized spacial score (nSPS) is 24.3. The zero-order chi connectivity index (χ0) is 32.5. The highest BCUT2D eigenvalue weighted by molar-refractivity contribution is 5.97. The Kier molecular flexibility index (Phi) is 9.17. The third kappa shape index (κ3) is 6.47. The van der Waals surface area contributed by atoms with Gasteiger partial charge in [0, 0.05) is 69.1 Å². The van der Waals surface area contributed by atoms with Crippen molar-refractivity contribution < 1.29 is 14.3 Å². The first kappa shape index (κ1) is 31.6. The average Bonchev–Trinajstić information content (AvgIpc) is 3.76. The topological polar surface area (TPSA) is 101 Å². The fourth-order valence-electron chi connectivity index (χ4n) is 7.72. The second kappa shape index (κ2) is 13.6. The van der Waals surface area contributed by atoms with Crippen LogP contribution in [0.15, 0.2) is 36.4 Å². The summed E-state index contributed by atoms with van der Waals surface area (Å²) in [5.41, 5.74) is 4.62. The minimum absolute atomic E-state index is 0.109. The highest BCUT2D eigenvalue weighted by Crippen LogP contribution is 2.36. The summed E-state index contributed by atoms with van der Waals surface area (Å²) < 4.78 is 11.6. The first-order valence-electron chi connectivity index (χ1n) is 17.1. The third-order valence-electron chi connectivity index (χ3n) is 10.5. The Morgan fingerprint density at radius 2 is 1.89 bits per heavy atom. The molecular weight excluding hydrogens is 592 g/mol. The number of ether oxygens (including phenoxy) is 2. The molecule has 0 radical (unpaired) electrons. The van der Waals surface area contributed by atoms with Crippen LogP contribution in [0.4, 0.5) is 11.5 Å². The van der Waals surface area contributed by atoms with Crippen LogP contribution in [0.25, 0.3) is 10.8 Å². The number of rotatable bonds is 10. The first-order chi connectivity index (χ1) is 22.9. The van der Waals surface area contributed by atoms with Gasteiger partial charge in [-0.15, -0.1) is 0 Å². The summed E-state index contributed by atoms with van der Waals surface area (Å²) in [5.74, 6) is 1.01. The van der Waals surface area contributed by atoms with Crippen LogP contribution in [-0.2, 0) is 22.5 Å². The summed E-state index contributed by atoms with van der Waals surface area (Å²) in [5, 5.41) is 12.3. The van der Waals surface area contributed by atoms with Crippen molar-refractivity contribution in [3.8, 4) is 12.1 Å². The molecule has 0 N–H and O–H groups in total. The number of aryl methyl sites for hydroxylation is 1. The number of fused-ring (bicyclic) bond motifs is 2. The van der Waals surface area contributed by atoms with Gasteiger partial charge in [-0.3, -0.25) is 9.69 Å². The maximum absolute atomic E-state index is 13.5. The molecule has 1 unspecified atom stereocenters. The summed E-state index contributed by atoms with van der Waals surface area (Å²) in [7, 11) is 3.83. The van der Waals surface area contributed by atoms with Crippen LogP contribution in [0, 0.1) is 18.3 Å². The molecule has 0 bridgehead atoms. The van der Waals surface area contributed by atoms with Gasteiger partial charge < -0.3 is 29.1 Å². The van der Waals surface area contributed by atoms with Crippen molar-refractivity contribution in [2.45, 2.75) is 57.3 Å². The monoisotopic (exact) mass is 638 g/mol. The second-order valence-corrected chi connectivity index (χ2v) is 13.5. The highest BCUT2D eigenvalue weighted by atomic mass is 16.5. The number of carbonyl (C=O) groups is 1. The molecule has 0 spiro atoms. The standard InChI is InChI=1S/C36H46N8O3/c1-25-7-4-8-26-9-5-11-31(33(25)26)41-16-13-29-30(22-41)38-36(47-24-28-10-6-15-40(28)2)39-34(29)43-17-18-44(27(21-43)12-14-37)35(45)32-23-42(32)19-20-46-3/h4-5,7-9,11,27-28,32H,6,10,12-13,15-24H2,1-3H3/t27-,28-,32-,42?/m0/s1. The number of nitriles is 1. The van der Waals surface area contributed by atoms with E-state index in [2.05, 4.69) is 76.0 Å². The summed E-state index contributed by atoms with van der Waals surface area (Å²) in [4.78, 5) is 34.8. The number of carbonyl (C=O) groups excluding carboxylic acids is 1. The van der Waals surface area contributed by atoms with E-state index in [1.165, 1.54) is 28.4 Å². The lowest BCUT2D eigenvalue weighted by atomic mass is 9.99. The molecule has 7 rings (SSSR count). The molecule has 11 nitrogen and oxygen atoms in total. The Morgan fingerprint density at radius 3 is 2.68 bits per heavy atom. The lowest BCUT2D eigenvalue weighted by molar-refractivity contribution is -0.134. The third-order valence-corrected chi connectivity index (χ3v) is 10.5. The van der Waals surface area contributed by atoms with Crippen molar-refractivity contribution in [3.05, 3.63) is 53.2 Å². The van der Waals surface area contributed by atoms with E-state index in [-0.39, 0.29) is 24.4 Å². The maximum Gasteiger partial charge on any atom is 0.318 e. The number of nitrogens with zero attached hydrogens (tertiary/aromatic N) is 8. The summed E-state index contributed by atoms with van der Waals surface area (Å²) in [6.45, 7) is 9.21. The maximum atomic E-state index is 13.5. The van der Waals surface area contributed by atoms with E-state index < -0.39 is 0 Å². The number of methoxy groups -OCH3 is 1. The number of piperazine rings is 1. The molecule has 2 aromatic carbocycles. The number of hydrogen-bond donors (Lipinski definition) is 0. The summed E-state index contributed by atoms with van der Waals surface area (Å²) in [6.07, 6.45) is 3.37. The van der Waals surface area contributed by atoms with Crippen LogP contribution in [0.5, 0.6) is 6.01 Å². The first-order valence-corrected chi connectivity index (χ1v) is 17.1. The molecule has 248 valence electrons. The Labute approximate surface area is 277 Å². The van der Waals surface area contributed by atoms with E-state index in [1.54, 1.807) is 7.11 Å². The van der Waals surface area contributed by atoms with Crippen LogP contribution >= 0.6 is 0 Å². The molecule has 5 heterocycles. The van der Waals surface area contributed by atoms with E-state index in [1.807, 2.05) is 4.90 Å². The van der Waals surface area contributed by atoms with Crippen LogP contribution < -0.4 is 14.5 Å². The summed E-state index contributed by atoms with van der Waals surface area (Å²) in [6, 6.07) is 15.8. The van der Waals surface area contributed by atoms with E-state index >= 15 is 0 Å². The molecule has 3 aromatic rings. The largest absolute Gasteiger partial charge is 0.462 e. The molecule has 3 saturated heterocycles. The Hall–Kier alpha value is -3.98. The van der Waals surface area contributed by atoms with Crippen LogP contribution in [0.2, 0.25) is 0 Å². The predicted octanol–water partition coefficient (Wildman–Crippen LogP) is 3.24. The van der Waals surface area contributed by atoms with Gasteiger partial charge in [0.25, 0.3) is 0 Å². The van der Waals surface area contributed by atoms with Crippen molar-refractivity contribution in [2.75, 3.05) is 83.0 Å². The number of benzene rings is 2. The van der Waals surface area contributed by atoms with Gasteiger partial charge in [0.05, 0.1) is 37.4 Å². The van der Waals surface area contributed by atoms with Crippen molar-refractivity contribution >= 4 is 28.2 Å². The molecule has 0 saturated carbocycles. The molecule has 1 amide bonds. The van der Waals surface area contributed by atoms with Gasteiger partial charge in [0.15, 0.2) is 0 Å². The molecule has 4 aliphatic heterocycles. The van der Waals surface area contributed by atoms with Gasteiger partial charge in [-0.25, -0.2) is 0 Å². The average molecular weight is 639 g/mol. The zero-order valence-electron chi connectivity index (χ0n) is 27.9. The molecule has 3 fully saturated rings. The van der Waals surface area contributed by atoms with Crippen molar-refractivity contribution in [2.24, 2.45) is 0 Å². The van der Waals surface area contributed by atoms with Crippen molar-refractivity contribution in [1.29, 1.82) is 5.26 Å². The number of likely N-dealkylation sites (N-methyl/N-ethyl adjacent to an activating group) is 1. The van der Waals surface area contributed by atoms with Gasteiger partial charge in [-0.05, 0) is 56.8 Å². The SMILES string of the molecule is COCCN1C[C@H]1C(=O)N1CCN(c2nc(OC[C@@H]3CCCN3C)nc3c2CCN(c2cccc4cccc(C)c24)C3)C[C@@H]1CC#N. The molecule has 4 aliphatic rings. The quantitative estimate of drug-likeness (QED) is 0.308. The van der Waals surface area contributed by atoms with E-state index in [0.717, 1.165) is 56.1 Å². The van der Waals surface area contributed by atoms with Crippen LogP contribution in [0.1, 0.15) is 36.1 Å². The zero-order valence-corrected chi connectivity index (χ0v) is 27.9. The van der Waals surface area contributed by atoms with Crippen LogP contribution in [-0.4, -0.2) is 122 Å². The van der Waals surface area contributed by atoms with Crippen LogP contribution in [0.3, 0.4) is 0 Å². The lowest BCUT2D eigenvalue weighted by Gasteiger charge is -2.42. The molecule has 4 atom stereocenters. The highest BCUT2D eigenvalue weighted by Gasteiger charge is 2.45. The Morgan fingerprint density at radius 1 is 1.04 bits per heavy atom. The molecular formula is C36H46N8O3. The minimum Gasteiger partial charge on any atom is -0.462 e. The van der Waals surface area contributed by atoms with E-state index in [4.69, 9.17) is 19.4 Å². The van der Waals surface area contributed by atoms with Gasteiger partial charge >= 0.3 is 6.01 Å². The molecule has 47 heavy (non-hydrogen) atoms. The number of amides is 1. The van der Waals surface area contributed by atoms with Gasteiger partial charge in [0.1, 0.15) is 18.5 Å². The molecule has 0 aliphatic carbocycles. The molecule has 11 heteroatoms. The van der Waals surface area contributed by atoms with E-state index in [0.29, 0.717) is 51.4 Å². The Balaban J connectivity index is 1.16.